The molecule has 5 nitrogen and oxygen atoms in total. The van der Waals surface area contributed by atoms with Gasteiger partial charge in [0.05, 0.1) is 5.69 Å². The number of hydrogen-bond acceptors (Lipinski definition) is 3. The molecule has 0 saturated heterocycles. The van der Waals surface area contributed by atoms with Gasteiger partial charge in [0.25, 0.3) is 5.56 Å². The van der Waals surface area contributed by atoms with Crippen LogP contribution in [-0.4, -0.2) is 16.3 Å². The number of hydrogen-bond donors (Lipinski definition) is 3. The Morgan fingerprint density at radius 2 is 1.50 bits per heavy atom. The van der Waals surface area contributed by atoms with E-state index in [1.807, 2.05) is 37.3 Å². The summed E-state index contributed by atoms with van der Waals surface area (Å²) in [7, 11) is 0. The van der Waals surface area contributed by atoms with Crippen LogP contribution in [0.4, 0.5) is 11.4 Å². The van der Waals surface area contributed by atoms with Crippen molar-refractivity contribution < 1.29 is 0 Å². The number of benzene rings is 3. The minimum Gasteiger partial charge on any atom is -0.356 e. The fourth-order valence-corrected chi connectivity index (χ4v) is 3.43. The van der Waals surface area contributed by atoms with Crippen molar-refractivity contribution in [3.63, 3.8) is 0 Å². The Balaban J connectivity index is 1.29. The molecule has 0 aliphatic heterocycles. The molecule has 0 unspecified atom stereocenters. The van der Waals surface area contributed by atoms with E-state index in [4.69, 9.17) is 0 Å². The van der Waals surface area contributed by atoms with Gasteiger partial charge in [0, 0.05) is 29.7 Å². The topological polar surface area (TPSA) is 61.9 Å². The van der Waals surface area contributed by atoms with Crippen LogP contribution in [0.25, 0.3) is 5.69 Å². The maximum Gasteiger partial charge on any atom is 0.264 e. The number of aromatic amines is 1. The van der Waals surface area contributed by atoms with E-state index >= 15 is 0 Å². The fraction of sp³-hybridized carbons (Fsp3) is 0.160. The zero-order chi connectivity index (χ0) is 20.8. The first-order valence-electron chi connectivity index (χ1n) is 10.2. The molecule has 5 heteroatoms. The van der Waals surface area contributed by atoms with E-state index < -0.39 is 0 Å². The number of aryl methyl sites for hydroxylation is 1. The average molecular weight is 399 g/mol. The van der Waals surface area contributed by atoms with E-state index in [0.717, 1.165) is 42.3 Å². The first kappa shape index (κ1) is 19.7. The maximum atomic E-state index is 11.5. The molecule has 3 N–H and O–H groups in total. The molecule has 1 heterocycles. The normalized spacial score (nSPS) is 10.8. The molecular weight excluding hydrogens is 372 g/mol. The molecule has 4 rings (SSSR count). The zero-order valence-electron chi connectivity index (χ0n) is 17.1. The first-order valence-corrected chi connectivity index (χ1v) is 10.2. The highest BCUT2D eigenvalue weighted by Crippen LogP contribution is 2.19. The molecule has 0 aliphatic carbocycles. The first-order chi connectivity index (χ1) is 14.7. The Kier molecular flexibility index (Phi) is 6.11. The molecule has 152 valence electrons. The summed E-state index contributed by atoms with van der Waals surface area (Å²) in [4.78, 5) is 11.5. The lowest BCUT2D eigenvalue weighted by atomic mass is 10.1. The third-order valence-electron chi connectivity index (χ3n) is 5.05. The van der Waals surface area contributed by atoms with Gasteiger partial charge in [-0.3, -0.25) is 14.6 Å². The summed E-state index contributed by atoms with van der Waals surface area (Å²) in [6, 6.07) is 28.6. The largest absolute Gasteiger partial charge is 0.356 e. The van der Waals surface area contributed by atoms with Crippen LogP contribution in [0.2, 0.25) is 0 Å². The van der Waals surface area contributed by atoms with Gasteiger partial charge in [-0.2, -0.15) is 0 Å². The van der Waals surface area contributed by atoms with Crippen molar-refractivity contribution >= 4 is 11.4 Å². The predicted octanol–water partition coefficient (Wildman–Crippen LogP) is 4.55. The average Bonchev–Trinajstić information content (AvgIpc) is 3.11. The van der Waals surface area contributed by atoms with Crippen LogP contribution in [0.1, 0.15) is 16.8 Å². The third-order valence-corrected chi connectivity index (χ3v) is 5.05. The Morgan fingerprint density at radius 3 is 2.13 bits per heavy atom. The Labute approximate surface area is 176 Å². The summed E-state index contributed by atoms with van der Waals surface area (Å²) in [5, 5.41) is 9.71. The number of aromatic nitrogens is 2. The Hall–Kier alpha value is -3.57. The van der Waals surface area contributed by atoms with Crippen molar-refractivity contribution in [3.05, 3.63) is 112 Å². The van der Waals surface area contributed by atoms with Gasteiger partial charge in [-0.05, 0) is 67.4 Å². The molecule has 0 radical (unpaired) electrons. The lowest BCUT2D eigenvalue weighted by molar-refractivity contribution is 0.687. The van der Waals surface area contributed by atoms with Crippen LogP contribution >= 0.6 is 0 Å². The molecule has 0 fully saturated rings. The SMILES string of the molecule is Cc1cc(=O)[nH]n1-c1ccc(Nc2ccc(CCNCc3ccccc3)cc2)cc1. The standard InChI is InChI=1S/C25H26N4O/c1-19-17-25(30)28-29(19)24-13-11-23(12-14-24)27-22-9-7-20(8-10-22)15-16-26-18-21-5-3-2-4-6-21/h2-14,17,26-27H,15-16,18H2,1H3,(H,28,30). The molecule has 4 aromatic rings. The number of nitrogens with one attached hydrogen (secondary N) is 3. The van der Waals surface area contributed by atoms with E-state index in [-0.39, 0.29) is 5.56 Å². The Bertz CT molecular complexity index is 1130. The van der Waals surface area contributed by atoms with Crippen LogP contribution < -0.4 is 16.2 Å². The van der Waals surface area contributed by atoms with Crippen molar-refractivity contribution in [3.8, 4) is 5.69 Å². The maximum absolute atomic E-state index is 11.5. The summed E-state index contributed by atoms with van der Waals surface area (Å²) in [5.74, 6) is 0. The summed E-state index contributed by atoms with van der Waals surface area (Å²) >= 11 is 0. The minimum atomic E-state index is -0.0925. The van der Waals surface area contributed by atoms with Crippen molar-refractivity contribution in [2.45, 2.75) is 19.9 Å². The van der Waals surface area contributed by atoms with Crippen molar-refractivity contribution in [1.82, 2.24) is 15.1 Å². The predicted molar refractivity (Wildman–Crippen MR) is 123 cm³/mol. The minimum absolute atomic E-state index is 0.0925. The van der Waals surface area contributed by atoms with Gasteiger partial charge in [0.1, 0.15) is 0 Å². The number of anilines is 2. The highest BCUT2D eigenvalue weighted by molar-refractivity contribution is 5.61. The van der Waals surface area contributed by atoms with Gasteiger partial charge in [0.15, 0.2) is 0 Å². The van der Waals surface area contributed by atoms with Gasteiger partial charge in [-0.15, -0.1) is 0 Å². The van der Waals surface area contributed by atoms with E-state index in [1.165, 1.54) is 11.1 Å². The quantitative estimate of drug-likeness (QED) is 0.382. The smallest absolute Gasteiger partial charge is 0.264 e. The lowest BCUT2D eigenvalue weighted by Crippen LogP contribution is -2.16. The summed E-state index contributed by atoms with van der Waals surface area (Å²) in [5.41, 5.74) is 6.39. The van der Waals surface area contributed by atoms with Gasteiger partial charge >= 0.3 is 0 Å². The van der Waals surface area contributed by atoms with Gasteiger partial charge in [0.2, 0.25) is 0 Å². The second kappa shape index (κ2) is 9.29. The molecule has 0 amide bonds. The molecule has 3 aromatic carbocycles. The molecule has 1 aromatic heterocycles. The second-order valence-corrected chi connectivity index (χ2v) is 7.38. The van der Waals surface area contributed by atoms with Crippen molar-refractivity contribution in [2.75, 3.05) is 11.9 Å². The van der Waals surface area contributed by atoms with Crippen LogP contribution in [0.15, 0.2) is 89.7 Å². The fourth-order valence-electron chi connectivity index (χ4n) is 3.43. The molecule has 0 saturated carbocycles. The van der Waals surface area contributed by atoms with Crippen LogP contribution in [0.3, 0.4) is 0 Å². The van der Waals surface area contributed by atoms with E-state index in [2.05, 4.69) is 64.3 Å². The third kappa shape index (κ3) is 5.07. The highest BCUT2D eigenvalue weighted by Gasteiger charge is 2.03. The molecule has 0 aliphatic rings. The second-order valence-electron chi connectivity index (χ2n) is 7.38. The van der Waals surface area contributed by atoms with E-state index in [9.17, 15) is 4.79 Å². The molecular formula is C25H26N4O. The van der Waals surface area contributed by atoms with Gasteiger partial charge in [-0.25, -0.2) is 0 Å². The van der Waals surface area contributed by atoms with Crippen LogP contribution in [0, 0.1) is 6.92 Å². The number of nitrogens with zero attached hydrogens (tertiary/aromatic N) is 1. The molecule has 0 spiro atoms. The highest BCUT2D eigenvalue weighted by atomic mass is 16.1. The summed E-state index contributed by atoms with van der Waals surface area (Å²) in [6.07, 6.45) is 0.996. The lowest BCUT2D eigenvalue weighted by Gasteiger charge is -2.10. The van der Waals surface area contributed by atoms with Crippen LogP contribution in [0.5, 0.6) is 0 Å². The van der Waals surface area contributed by atoms with E-state index in [0.29, 0.717) is 0 Å². The zero-order valence-corrected chi connectivity index (χ0v) is 17.1. The Morgan fingerprint density at radius 1 is 0.833 bits per heavy atom. The molecule has 30 heavy (non-hydrogen) atoms. The van der Waals surface area contributed by atoms with E-state index in [1.54, 1.807) is 10.7 Å². The molecule has 0 bridgehead atoms. The monoisotopic (exact) mass is 398 g/mol. The van der Waals surface area contributed by atoms with Gasteiger partial charge < -0.3 is 10.6 Å². The van der Waals surface area contributed by atoms with Gasteiger partial charge in [-0.1, -0.05) is 42.5 Å². The number of rotatable bonds is 8. The van der Waals surface area contributed by atoms with Crippen LogP contribution in [-0.2, 0) is 13.0 Å². The molecule has 0 atom stereocenters. The van der Waals surface area contributed by atoms with Crippen molar-refractivity contribution in [1.29, 1.82) is 0 Å². The summed E-state index contributed by atoms with van der Waals surface area (Å²) < 4.78 is 1.78. The number of H-pyrrole nitrogens is 1. The van der Waals surface area contributed by atoms with Crippen molar-refractivity contribution in [2.24, 2.45) is 0 Å². The summed E-state index contributed by atoms with van der Waals surface area (Å²) in [6.45, 7) is 3.75.